The Bertz CT molecular complexity index is 763. The minimum Gasteiger partial charge on any atom is -0.379 e. The summed E-state index contributed by atoms with van der Waals surface area (Å²) < 4.78 is 5.54. The quantitative estimate of drug-likeness (QED) is 0.551. The summed E-state index contributed by atoms with van der Waals surface area (Å²) in [7, 11) is 0. The molecule has 34 heavy (non-hydrogen) atoms. The first kappa shape index (κ1) is 25.4. The summed E-state index contributed by atoms with van der Waals surface area (Å²) in [5.41, 5.74) is -0.626. The molecule has 2 heterocycles. The van der Waals surface area contributed by atoms with Crippen molar-refractivity contribution in [3.8, 4) is 0 Å². The zero-order valence-electron chi connectivity index (χ0n) is 21.4. The van der Waals surface area contributed by atoms with Gasteiger partial charge in [-0.25, -0.2) is 4.79 Å². The number of nitrogens with one attached hydrogen (secondary N) is 2. The van der Waals surface area contributed by atoms with E-state index in [-0.39, 0.29) is 29.3 Å². The number of hydrogen-bond donors (Lipinski definition) is 2. The molecule has 2 saturated heterocycles. The standard InChI is InChI=1S/C26H44N4O4/c1-4-24(2,3)20-8-12-26(13-9-20)22(32)30(23(33)28-26)18-21(31)27-19-25(10-6-5-7-11-25)29-14-16-34-17-15-29/h20H,4-19H2,1-3H3,(H,27,31)(H,28,33). The van der Waals surface area contributed by atoms with Crippen molar-refractivity contribution in [1.29, 1.82) is 0 Å². The number of amides is 4. The van der Waals surface area contributed by atoms with E-state index in [4.69, 9.17) is 4.74 Å². The maximum Gasteiger partial charge on any atom is 0.325 e. The van der Waals surface area contributed by atoms with Gasteiger partial charge in [0.05, 0.1) is 13.2 Å². The van der Waals surface area contributed by atoms with Crippen molar-refractivity contribution in [2.24, 2.45) is 11.3 Å². The summed E-state index contributed by atoms with van der Waals surface area (Å²) in [6, 6.07) is -0.422. The van der Waals surface area contributed by atoms with Crippen LogP contribution in [0.15, 0.2) is 0 Å². The number of hydrogen-bond acceptors (Lipinski definition) is 5. The second kappa shape index (κ2) is 10.1. The van der Waals surface area contributed by atoms with Crippen LogP contribution in [0.25, 0.3) is 0 Å². The van der Waals surface area contributed by atoms with Gasteiger partial charge in [-0.2, -0.15) is 0 Å². The minimum atomic E-state index is -0.823. The molecule has 8 heteroatoms. The minimum absolute atomic E-state index is 0.0410. The van der Waals surface area contributed by atoms with Gasteiger partial charge in [0.25, 0.3) is 5.91 Å². The predicted octanol–water partition coefficient (Wildman–Crippen LogP) is 3.05. The van der Waals surface area contributed by atoms with Gasteiger partial charge in [0, 0.05) is 25.2 Å². The molecular formula is C26H44N4O4. The van der Waals surface area contributed by atoms with Gasteiger partial charge < -0.3 is 15.4 Å². The number of ether oxygens (including phenoxy) is 1. The largest absolute Gasteiger partial charge is 0.379 e. The van der Waals surface area contributed by atoms with Gasteiger partial charge in [0.15, 0.2) is 0 Å². The topological polar surface area (TPSA) is 91.0 Å². The van der Waals surface area contributed by atoms with Gasteiger partial charge in [-0.3, -0.25) is 19.4 Å². The van der Waals surface area contributed by atoms with Gasteiger partial charge in [0.2, 0.25) is 5.91 Å². The molecule has 2 saturated carbocycles. The van der Waals surface area contributed by atoms with Crippen molar-refractivity contribution in [2.75, 3.05) is 39.4 Å². The molecule has 192 valence electrons. The van der Waals surface area contributed by atoms with Crippen LogP contribution in [0.2, 0.25) is 0 Å². The summed E-state index contributed by atoms with van der Waals surface area (Å²) in [6.07, 6.45) is 9.96. The molecule has 0 bridgehead atoms. The van der Waals surface area contributed by atoms with Gasteiger partial charge in [-0.1, -0.05) is 46.5 Å². The molecule has 4 fully saturated rings. The highest BCUT2D eigenvalue weighted by Gasteiger charge is 2.53. The lowest BCUT2D eigenvalue weighted by molar-refractivity contribution is -0.136. The van der Waals surface area contributed by atoms with Crippen LogP contribution in [0.3, 0.4) is 0 Å². The second-order valence-electron chi connectivity index (χ2n) is 11.7. The molecule has 0 aromatic heterocycles. The highest BCUT2D eigenvalue weighted by atomic mass is 16.5. The third-order valence-electron chi connectivity index (χ3n) is 9.48. The van der Waals surface area contributed by atoms with Gasteiger partial charge >= 0.3 is 6.03 Å². The average Bonchev–Trinajstić information content (AvgIpc) is 3.08. The lowest BCUT2D eigenvalue weighted by Crippen LogP contribution is -2.60. The molecule has 0 unspecified atom stereocenters. The van der Waals surface area contributed by atoms with E-state index >= 15 is 0 Å². The number of imide groups is 1. The molecule has 4 rings (SSSR count). The third kappa shape index (κ3) is 4.99. The zero-order chi connectivity index (χ0) is 24.4. The van der Waals surface area contributed by atoms with E-state index in [1.165, 1.54) is 19.3 Å². The van der Waals surface area contributed by atoms with Crippen molar-refractivity contribution in [2.45, 2.75) is 96.1 Å². The fraction of sp³-hybridized carbons (Fsp3) is 0.885. The van der Waals surface area contributed by atoms with Crippen molar-refractivity contribution in [3.05, 3.63) is 0 Å². The number of morpholine rings is 1. The highest BCUT2D eigenvalue weighted by Crippen LogP contribution is 2.45. The van der Waals surface area contributed by atoms with Gasteiger partial charge in [0.1, 0.15) is 12.1 Å². The van der Waals surface area contributed by atoms with Crippen molar-refractivity contribution in [3.63, 3.8) is 0 Å². The maximum absolute atomic E-state index is 13.3. The average molecular weight is 477 g/mol. The van der Waals surface area contributed by atoms with E-state index < -0.39 is 11.6 Å². The highest BCUT2D eigenvalue weighted by molar-refractivity contribution is 6.09. The van der Waals surface area contributed by atoms with Crippen LogP contribution in [0.1, 0.15) is 85.0 Å². The predicted molar refractivity (Wildman–Crippen MR) is 130 cm³/mol. The van der Waals surface area contributed by atoms with Crippen LogP contribution >= 0.6 is 0 Å². The maximum atomic E-state index is 13.3. The fourth-order valence-corrected chi connectivity index (χ4v) is 6.65. The summed E-state index contributed by atoms with van der Waals surface area (Å²) >= 11 is 0. The molecule has 0 atom stereocenters. The smallest absolute Gasteiger partial charge is 0.325 e. The summed E-state index contributed by atoms with van der Waals surface area (Å²) in [4.78, 5) is 42.6. The van der Waals surface area contributed by atoms with Crippen LogP contribution in [-0.2, 0) is 14.3 Å². The van der Waals surface area contributed by atoms with E-state index in [0.29, 0.717) is 25.3 Å². The Morgan fingerprint density at radius 2 is 1.74 bits per heavy atom. The fourth-order valence-electron chi connectivity index (χ4n) is 6.65. The van der Waals surface area contributed by atoms with E-state index in [2.05, 4.69) is 36.3 Å². The van der Waals surface area contributed by atoms with E-state index in [0.717, 1.165) is 63.3 Å². The molecule has 0 aromatic rings. The Labute approximate surface area is 204 Å². The molecule has 4 aliphatic rings. The lowest BCUT2D eigenvalue weighted by Gasteiger charge is -2.48. The van der Waals surface area contributed by atoms with Gasteiger partial charge in [-0.15, -0.1) is 0 Å². The Balaban J connectivity index is 1.34. The number of rotatable bonds is 7. The first-order valence-corrected chi connectivity index (χ1v) is 13.4. The van der Waals surface area contributed by atoms with E-state index in [9.17, 15) is 14.4 Å². The molecule has 2 aliphatic heterocycles. The monoisotopic (exact) mass is 476 g/mol. The third-order valence-corrected chi connectivity index (χ3v) is 9.48. The number of urea groups is 1. The molecule has 2 aliphatic carbocycles. The molecular weight excluding hydrogens is 432 g/mol. The Morgan fingerprint density at radius 1 is 1.09 bits per heavy atom. The number of carbonyl (C=O) groups is 3. The second-order valence-corrected chi connectivity index (χ2v) is 11.7. The van der Waals surface area contributed by atoms with Crippen LogP contribution in [-0.4, -0.2) is 78.1 Å². The molecule has 4 amide bonds. The van der Waals surface area contributed by atoms with E-state index in [1.807, 2.05) is 0 Å². The molecule has 0 aromatic carbocycles. The first-order chi connectivity index (χ1) is 16.2. The normalized spacial score (nSPS) is 30.4. The Kier molecular flexibility index (Phi) is 7.58. The SMILES string of the molecule is CCC(C)(C)C1CCC2(CC1)NC(=O)N(CC(=O)NCC1(N3CCOCC3)CCCCC1)C2=O. The van der Waals surface area contributed by atoms with Crippen molar-refractivity contribution in [1.82, 2.24) is 20.4 Å². The summed E-state index contributed by atoms with van der Waals surface area (Å²) in [5.74, 6) is 0.0811. The lowest BCUT2D eigenvalue weighted by atomic mass is 9.65. The molecule has 0 radical (unpaired) electrons. The number of carbonyl (C=O) groups excluding carboxylic acids is 3. The summed E-state index contributed by atoms with van der Waals surface area (Å²) in [6.45, 7) is 10.4. The van der Waals surface area contributed by atoms with Crippen LogP contribution in [0.5, 0.6) is 0 Å². The van der Waals surface area contributed by atoms with Crippen molar-refractivity contribution < 1.29 is 19.1 Å². The first-order valence-electron chi connectivity index (χ1n) is 13.4. The summed E-state index contributed by atoms with van der Waals surface area (Å²) in [5, 5.41) is 6.05. The molecule has 1 spiro atoms. The Hall–Kier alpha value is -1.67. The van der Waals surface area contributed by atoms with Crippen LogP contribution in [0, 0.1) is 11.3 Å². The van der Waals surface area contributed by atoms with Gasteiger partial charge in [-0.05, 0) is 49.9 Å². The molecule has 2 N–H and O–H groups in total. The van der Waals surface area contributed by atoms with Crippen molar-refractivity contribution >= 4 is 17.8 Å². The van der Waals surface area contributed by atoms with Crippen LogP contribution in [0.4, 0.5) is 4.79 Å². The zero-order valence-corrected chi connectivity index (χ0v) is 21.4. The van der Waals surface area contributed by atoms with E-state index in [1.54, 1.807) is 0 Å². The van der Waals surface area contributed by atoms with Crippen LogP contribution < -0.4 is 10.6 Å². The molecule has 8 nitrogen and oxygen atoms in total. The Morgan fingerprint density at radius 3 is 2.35 bits per heavy atom. The number of nitrogens with zero attached hydrogens (tertiary/aromatic N) is 2.